The van der Waals surface area contributed by atoms with E-state index in [0.29, 0.717) is 17.0 Å². The fourth-order valence-electron chi connectivity index (χ4n) is 3.24. The highest BCUT2D eigenvalue weighted by molar-refractivity contribution is 7.12. The molecule has 2 aromatic heterocycles. The average molecular weight is 417 g/mol. The number of fused-ring (bicyclic) bond motifs is 1. The van der Waals surface area contributed by atoms with Crippen molar-refractivity contribution in [2.24, 2.45) is 5.10 Å². The summed E-state index contributed by atoms with van der Waals surface area (Å²) in [5.41, 5.74) is 5.99. The Hall–Kier alpha value is -3.71. The number of ether oxygens (including phenoxy) is 1. The molecule has 0 radical (unpaired) electrons. The van der Waals surface area contributed by atoms with Crippen LogP contribution in [0.1, 0.15) is 31.2 Å². The first-order valence-corrected chi connectivity index (χ1v) is 10.2. The number of hydrogen-bond acceptors (Lipinski definition) is 5. The second kappa shape index (κ2) is 8.75. The largest absolute Gasteiger partial charge is 0.465 e. The first kappa shape index (κ1) is 19.6. The molecule has 0 atom stereocenters. The third kappa shape index (κ3) is 4.16. The SMILES string of the molecule is COC(=O)c1cccc(Cn2cc(/C=N/NC(=O)c3cccs3)c3ccccc32)c1. The molecule has 150 valence electrons. The van der Waals surface area contributed by atoms with Crippen molar-refractivity contribution in [2.75, 3.05) is 7.11 Å². The molecule has 0 saturated heterocycles. The minimum Gasteiger partial charge on any atom is -0.465 e. The van der Waals surface area contributed by atoms with E-state index in [1.807, 2.05) is 60.1 Å². The van der Waals surface area contributed by atoms with Crippen LogP contribution in [0.3, 0.4) is 0 Å². The number of amides is 1. The lowest BCUT2D eigenvalue weighted by Gasteiger charge is -2.07. The Morgan fingerprint density at radius 3 is 2.80 bits per heavy atom. The maximum atomic E-state index is 12.1. The van der Waals surface area contributed by atoms with Gasteiger partial charge in [-0.15, -0.1) is 11.3 Å². The molecule has 2 aromatic carbocycles. The maximum Gasteiger partial charge on any atom is 0.337 e. The molecule has 0 aliphatic heterocycles. The van der Waals surface area contributed by atoms with Gasteiger partial charge in [0.15, 0.2) is 0 Å². The van der Waals surface area contributed by atoms with Crippen LogP contribution in [0.4, 0.5) is 0 Å². The van der Waals surface area contributed by atoms with Gasteiger partial charge in [0.25, 0.3) is 5.91 Å². The summed E-state index contributed by atoms with van der Waals surface area (Å²) in [5.74, 6) is -0.590. The van der Waals surface area contributed by atoms with E-state index in [1.54, 1.807) is 18.3 Å². The van der Waals surface area contributed by atoms with Crippen LogP contribution in [-0.4, -0.2) is 29.8 Å². The lowest BCUT2D eigenvalue weighted by molar-refractivity contribution is 0.0600. The summed E-state index contributed by atoms with van der Waals surface area (Å²) >= 11 is 1.37. The van der Waals surface area contributed by atoms with Gasteiger partial charge in [0, 0.05) is 29.2 Å². The summed E-state index contributed by atoms with van der Waals surface area (Å²) in [6.45, 7) is 0.584. The predicted octanol–water partition coefficient (Wildman–Crippen LogP) is 4.30. The fourth-order valence-corrected chi connectivity index (χ4v) is 3.86. The highest BCUT2D eigenvalue weighted by Gasteiger charge is 2.10. The van der Waals surface area contributed by atoms with E-state index in [9.17, 15) is 9.59 Å². The van der Waals surface area contributed by atoms with Crippen molar-refractivity contribution in [3.63, 3.8) is 0 Å². The molecule has 2 heterocycles. The first-order valence-electron chi connectivity index (χ1n) is 9.28. The lowest BCUT2D eigenvalue weighted by Crippen LogP contribution is -2.16. The van der Waals surface area contributed by atoms with Crippen molar-refractivity contribution < 1.29 is 14.3 Å². The molecule has 7 heteroatoms. The monoisotopic (exact) mass is 417 g/mol. The van der Waals surface area contributed by atoms with Crippen molar-refractivity contribution >= 4 is 40.3 Å². The van der Waals surface area contributed by atoms with Crippen molar-refractivity contribution in [1.82, 2.24) is 9.99 Å². The quantitative estimate of drug-likeness (QED) is 0.289. The van der Waals surface area contributed by atoms with Crippen LogP contribution in [0, 0.1) is 0 Å². The Morgan fingerprint density at radius 1 is 1.13 bits per heavy atom. The molecule has 0 unspecified atom stereocenters. The summed E-state index contributed by atoms with van der Waals surface area (Å²) in [4.78, 5) is 24.5. The van der Waals surface area contributed by atoms with Gasteiger partial charge in [-0.2, -0.15) is 5.10 Å². The summed E-state index contributed by atoms with van der Waals surface area (Å²) in [7, 11) is 1.37. The van der Waals surface area contributed by atoms with Crippen LogP contribution < -0.4 is 5.43 Å². The number of nitrogens with zero attached hydrogens (tertiary/aromatic N) is 2. The van der Waals surface area contributed by atoms with Crippen molar-refractivity contribution in [3.8, 4) is 0 Å². The summed E-state index contributed by atoms with van der Waals surface area (Å²) < 4.78 is 6.90. The second-order valence-electron chi connectivity index (χ2n) is 6.60. The van der Waals surface area contributed by atoms with E-state index in [1.165, 1.54) is 18.4 Å². The van der Waals surface area contributed by atoms with Gasteiger partial charge in [-0.05, 0) is 35.2 Å². The number of carbonyl (C=O) groups is 2. The van der Waals surface area contributed by atoms with E-state index < -0.39 is 0 Å². The zero-order chi connectivity index (χ0) is 20.9. The number of hydrazone groups is 1. The number of hydrogen-bond donors (Lipinski definition) is 1. The minimum atomic E-state index is -0.358. The Labute approximate surface area is 177 Å². The number of nitrogens with one attached hydrogen (secondary N) is 1. The van der Waals surface area contributed by atoms with Gasteiger partial charge in [-0.3, -0.25) is 4.79 Å². The first-order chi connectivity index (χ1) is 14.7. The number of rotatable bonds is 6. The molecule has 1 N–H and O–H groups in total. The molecule has 0 bridgehead atoms. The van der Waals surface area contributed by atoms with Crippen molar-refractivity contribution in [2.45, 2.75) is 6.54 Å². The maximum absolute atomic E-state index is 12.1. The third-order valence-corrected chi connectivity index (χ3v) is 5.50. The number of aromatic nitrogens is 1. The summed E-state index contributed by atoms with van der Waals surface area (Å²) in [6.07, 6.45) is 3.63. The number of esters is 1. The average Bonchev–Trinajstić information content (AvgIpc) is 3.43. The van der Waals surface area contributed by atoms with Gasteiger partial charge in [-0.25, -0.2) is 10.2 Å². The molecule has 0 aliphatic carbocycles. The number of methoxy groups -OCH3 is 1. The van der Waals surface area contributed by atoms with Gasteiger partial charge in [0.05, 0.1) is 23.8 Å². The predicted molar refractivity (Wildman–Crippen MR) is 118 cm³/mol. The zero-order valence-corrected chi connectivity index (χ0v) is 17.1. The van der Waals surface area contributed by atoms with Gasteiger partial charge in [0.1, 0.15) is 0 Å². The van der Waals surface area contributed by atoms with E-state index >= 15 is 0 Å². The van der Waals surface area contributed by atoms with Crippen LogP contribution in [-0.2, 0) is 11.3 Å². The fraction of sp³-hybridized carbons (Fsp3) is 0.0870. The zero-order valence-electron chi connectivity index (χ0n) is 16.2. The molecular weight excluding hydrogens is 398 g/mol. The Bertz CT molecular complexity index is 1230. The standard InChI is InChI=1S/C23H19N3O3S/c1-29-23(28)17-7-4-6-16(12-17)14-26-15-18(19-8-2-3-9-20(19)26)13-24-25-22(27)21-10-5-11-30-21/h2-13,15H,14H2,1H3,(H,25,27)/b24-13+. The van der Waals surface area contributed by atoms with Gasteiger partial charge < -0.3 is 9.30 Å². The van der Waals surface area contributed by atoms with Crippen LogP contribution in [0.5, 0.6) is 0 Å². The van der Waals surface area contributed by atoms with Crippen LogP contribution in [0.15, 0.2) is 77.3 Å². The van der Waals surface area contributed by atoms with Gasteiger partial charge >= 0.3 is 5.97 Å². The van der Waals surface area contributed by atoms with Crippen LogP contribution in [0.2, 0.25) is 0 Å². The normalized spacial score (nSPS) is 11.1. The minimum absolute atomic E-state index is 0.232. The van der Waals surface area contributed by atoms with E-state index in [4.69, 9.17) is 4.74 Å². The summed E-state index contributed by atoms with van der Waals surface area (Å²) in [6, 6.07) is 18.9. The Balaban J connectivity index is 1.59. The van der Waals surface area contributed by atoms with E-state index in [0.717, 1.165) is 22.0 Å². The molecule has 1 amide bonds. The molecule has 4 rings (SSSR count). The molecule has 0 saturated carbocycles. The molecule has 30 heavy (non-hydrogen) atoms. The molecule has 0 aliphatic rings. The van der Waals surface area contributed by atoms with Crippen LogP contribution >= 0.6 is 11.3 Å². The summed E-state index contributed by atoms with van der Waals surface area (Å²) in [5, 5.41) is 7.00. The van der Waals surface area contributed by atoms with E-state index in [-0.39, 0.29) is 11.9 Å². The van der Waals surface area contributed by atoms with Crippen molar-refractivity contribution in [1.29, 1.82) is 0 Å². The van der Waals surface area contributed by atoms with Crippen LogP contribution in [0.25, 0.3) is 10.9 Å². The van der Waals surface area contributed by atoms with Gasteiger partial charge in [-0.1, -0.05) is 36.4 Å². The highest BCUT2D eigenvalue weighted by Crippen LogP contribution is 2.21. The number of thiophene rings is 1. The lowest BCUT2D eigenvalue weighted by atomic mass is 10.1. The number of carbonyl (C=O) groups excluding carboxylic acids is 2. The van der Waals surface area contributed by atoms with Gasteiger partial charge in [0.2, 0.25) is 0 Å². The smallest absolute Gasteiger partial charge is 0.337 e. The molecule has 4 aromatic rings. The Morgan fingerprint density at radius 2 is 2.00 bits per heavy atom. The third-order valence-electron chi connectivity index (χ3n) is 4.64. The Kier molecular flexibility index (Phi) is 5.72. The molecule has 0 spiro atoms. The molecule has 6 nitrogen and oxygen atoms in total. The van der Waals surface area contributed by atoms with E-state index in [2.05, 4.69) is 15.1 Å². The van der Waals surface area contributed by atoms with Crippen molar-refractivity contribution in [3.05, 3.63) is 93.8 Å². The number of benzene rings is 2. The molecular formula is C23H19N3O3S. The topological polar surface area (TPSA) is 72.7 Å². The second-order valence-corrected chi connectivity index (χ2v) is 7.55. The molecule has 0 fully saturated rings. The number of para-hydroxylation sites is 1. The highest BCUT2D eigenvalue weighted by atomic mass is 32.1.